The molecule has 110 valence electrons. The number of carbonyl (C=O) groups is 1. The van der Waals surface area contributed by atoms with E-state index < -0.39 is 29.0 Å². The molecule has 2 rings (SSSR count). The Morgan fingerprint density at radius 1 is 1.10 bits per heavy atom. The zero-order chi connectivity index (χ0) is 15.6. The third-order valence-corrected chi connectivity index (χ3v) is 3.07. The Hall–Kier alpha value is -2.50. The second-order valence-corrected chi connectivity index (χ2v) is 4.51. The molecule has 0 unspecified atom stereocenters. The summed E-state index contributed by atoms with van der Waals surface area (Å²) in [4.78, 5) is 12.0. The molecule has 0 saturated heterocycles. The highest BCUT2D eigenvalue weighted by Gasteiger charge is 2.20. The van der Waals surface area contributed by atoms with Gasteiger partial charge in [-0.2, -0.15) is 0 Å². The molecular formula is C15H12F3NO2. The van der Waals surface area contributed by atoms with Crippen LogP contribution >= 0.6 is 0 Å². The highest BCUT2D eigenvalue weighted by atomic mass is 19.2. The average Bonchev–Trinajstić information content (AvgIpc) is 2.43. The molecule has 0 saturated carbocycles. The van der Waals surface area contributed by atoms with Gasteiger partial charge in [0.25, 0.3) is 0 Å². The molecule has 21 heavy (non-hydrogen) atoms. The van der Waals surface area contributed by atoms with Crippen LogP contribution in [0.3, 0.4) is 0 Å². The third-order valence-electron chi connectivity index (χ3n) is 3.07. The normalized spacial score (nSPS) is 10.5. The standard InChI is InChI=1S/C15H12F3NO2/c1-19(8-9-4-2-3-5-11(9)16)12-7-6-10(15(20)21)13(17)14(12)18/h2-7H,8H2,1H3,(H,20,21). The van der Waals surface area contributed by atoms with Crippen LogP contribution in [-0.2, 0) is 6.54 Å². The summed E-state index contributed by atoms with van der Waals surface area (Å²) < 4.78 is 41.1. The fourth-order valence-corrected chi connectivity index (χ4v) is 1.97. The summed E-state index contributed by atoms with van der Waals surface area (Å²) in [6, 6.07) is 8.10. The van der Waals surface area contributed by atoms with Crippen molar-refractivity contribution >= 4 is 11.7 Å². The van der Waals surface area contributed by atoms with Gasteiger partial charge in [-0.3, -0.25) is 0 Å². The maximum atomic E-state index is 13.9. The lowest BCUT2D eigenvalue weighted by Gasteiger charge is -2.21. The second kappa shape index (κ2) is 5.87. The molecule has 0 radical (unpaired) electrons. The van der Waals surface area contributed by atoms with E-state index >= 15 is 0 Å². The van der Waals surface area contributed by atoms with E-state index in [0.717, 1.165) is 12.1 Å². The van der Waals surface area contributed by atoms with Crippen molar-refractivity contribution in [3.05, 3.63) is 65.0 Å². The Kier molecular flexibility index (Phi) is 4.16. The fraction of sp³-hybridized carbons (Fsp3) is 0.133. The molecule has 3 nitrogen and oxygen atoms in total. The van der Waals surface area contributed by atoms with Gasteiger partial charge in [-0.1, -0.05) is 18.2 Å². The maximum absolute atomic E-state index is 13.9. The summed E-state index contributed by atoms with van der Waals surface area (Å²) in [6.07, 6.45) is 0. The quantitative estimate of drug-likeness (QED) is 0.939. The lowest BCUT2D eigenvalue weighted by atomic mass is 10.1. The Morgan fingerprint density at radius 2 is 1.76 bits per heavy atom. The van der Waals surface area contributed by atoms with E-state index in [2.05, 4.69) is 0 Å². The third kappa shape index (κ3) is 2.99. The van der Waals surface area contributed by atoms with E-state index in [1.54, 1.807) is 6.07 Å². The first-order valence-corrected chi connectivity index (χ1v) is 6.07. The first-order chi connectivity index (χ1) is 9.91. The van der Waals surface area contributed by atoms with Gasteiger partial charge in [-0.15, -0.1) is 0 Å². The summed E-state index contributed by atoms with van der Waals surface area (Å²) in [5.41, 5.74) is -0.557. The van der Waals surface area contributed by atoms with Crippen LogP contribution < -0.4 is 4.90 Å². The number of aromatic carboxylic acids is 1. The molecule has 0 aliphatic rings. The van der Waals surface area contributed by atoms with Crippen molar-refractivity contribution in [2.24, 2.45) is 0 Å². The zero-order valence-electron chi connectivity index (χ0n) is 11.1. The van der Waals surface area contributed by atoms with Gasteiger partial charge in [0, 0.05) is 19.2 Å². The predicted molar refractivity (Wildman–Crippen MR) is 71.8 cm³/mol. The van der Waals surface area contributed by atoms with E-state index in [9.17, 15) is 18.0 Å². The van der Waals surface area contributed by atoms with Crippen LogP contribution in [-0.4, -0.2) is 18.1 Å². The van der Waals surface area contributed by atoms with Crippen LogP contribution in [0.1, 0.15) is 15.9 Å². The number of anilines is 1. The fourth-order valence-electron chi connectivity index (χ4n) is 1.97. The van der Waals surface area contributed by atoms with Crippen molar-refractivity contribution in [1.82, 2.24) is 0 Å². The smallest absolute Gasteiger partial charge is 0.338 e. The zero-order valence-corrected chi connectivity index (χ0v) is 11.1. The largest absolute Gasteiger partial charge is 0.478 e. The Bertz CT molecular complexity index is 689. The van der Waals surface area contributed by atoms with Crippen molar-refractivity contribution in [2.45, 2.75) is 6.54 Å². The van der Waals surface area contributed by atoms with Gasteiger partial charge in [-0.25, -0.2) is 18.0 Å². The van der Waals surface area contributed by atoms with E-state index in [0.29, 0.717) is 5.56 Å². The number of hydrogen-bond donors (Lipinski definition) is 1. The number of nitrogens with zero attached hydrogens (tertiary/aromatic N) is 1. The highest BCUT2D eigenvalue weighted by Crippen LogP contribution is 2.25. The number of benzene rings is 2. The number of carboxylic acids is 1. The van der Waals surface area contributed by atoms with Gasteiger partial charge in [0.05, 0.1) is 11.3 Å². The van der Waals surface area contributed by atoms with E-state index in [-0.39, 0.29) is 12.2 Å². The molecule has 1 N–H and O–H groups in total. The van der Waals surface area contributed by atoms with Gasteiger partial charge in [-0.05, 0) is 18.2 Å². The minimum Gasteiger partial charge on any atom is -0.478 e. The molecule has 6 heteroatoms. The molecule has 0 aromatic heterocycles. The summed E-state index contributed by atoms with van der Waals surface area (Å²) >= 11 is 0. The molecule has 0 atom stereocenters. The van der Waals surface area contributed by atoms with Crippen molar-refractivity contribution in [1.29, 1.82) is 0 Å². The summed E-state index contributed by atoms with van der Waals surface area (Å²) in [6.45, 7) is 0.0233. The number of hydrogen-bond acceptors (Lipinski definition) is 2. The van der Waals surface area contributed by atoms with Crippen LogP contribution in [0.4, 0.5) is 18.9 Å². The van der Waals surface area contributed by atoms with Crippen LogP contribution in [0.25, 0.3) is 0 Å². The molecule has 2 aromatic rings. The maximum Gasteiger partial charge on any atom is 0.338 e. The lowest BCUT2D eigenvalue weighted by Crippen LogP contribution is -2.19. The van der Waals surface area contributed by atoms with Gasteiger partial charge in [0.1, 0.15) is 5.82 Å². The van der Waals surface area contributed by atoms with Gasteiger partial charge in [0.2, 0.25) is 0 Å². The molecule has 2 aromatic carbocycles. The van der Waals surface area contributed by atoms with Crippen molar-refractivity contribution in [2.75, 3.05) is 11.9 Å². The first kappa shape index (κ1) is 14.9. The molecule has 0 heterocycles. The van der Waals surface area contributed by atoms with E-state index in [1.165, 1.54) is 30.1 Å². The molecule has 0 fully saturated rings. The van der Waals surface area contributed by atoms with Crippen molar-refractivity contribution in [3.8, 4) is 0 Å². The summed E-state index contributed by atoms with van der Waals surface area (Å²) in [7, 11) is 1.46. The van der Waals surface area contributed by atoms with Gasteiger partial charge < -0.3 is 10.0 Å². The SMILES string of the molecule is CN(Cc1ccccc1F)c1ccc(C(=O)O)c(F)c1F. The van der Waals surface area contributed by atoms with Crippen LogP contribution in [0.5, 0.6) is 0 Å². The second-order valence-electron chi connectivity index (χ2n) is 4.51. The summed E-state index contributed by atoms with van der Waals surface area (Å²) in [5.74, 6) is -4.70. The Morgan fingerprint density at radius 3 is 2.38 bits per heavy atom. The highest BCUT2D eigenvalue weighted by molar-refractivity contribution is 5.88. The van der Waals surface area contributed by atoms with Gasteiger partial charge in [0.15, 0.2) is 11.6 Å². The molecule has 0 bridgehead atoms. The van der Waals surface area contributed by atoms with Crippen LogP contribution in [0.2, 0.25) is 0 Å². The van der Waals surface area contributed by atoms with E-state index in [1.807, 2.05) is 0 Å². The monoisotopic (exact) mass is 295 g/mol. The topological polar surface area (TPSA) is 40.5 Å². The van der Waals surface area contributed by atoms with Crippen LogP contribution in [0, 0.1) is 17.5 Å². The molecule has 0 spiro atoms. The number of rotatable bonds is 4. The average molecular weight is 295 g/mol. The van der Waals surface area contributed by atoms with Crippen molar-refractivity contribution < 1.29 is 23.1 Å². The molecule has 0 amide bonds. The minimum absolute atomic E-state index is 0.0233. The number of carboxylic acid groups (broad SMARTS) is 1. The van der Waals surface area contributed by atoms with Crippen molar-refractivity contribution in [3.63, 3.8) is 0 Å². The first-order valence-electron chi connectivity index (χ1n) is 6.07. The Labute approximate surface area is 119 Å². The molecule has 0 aliphatic carbocycles. The summed E-state index contributed by atoms with van der Waals surface area (Å²) in [5, 5.41) is 8.72. The molecule has 0 aliphatic heterocycles. The van der Waals surface area contributed by atoms with E-state index in [4.69, 9.17) is 5.11 Å². The number of halogens is 3. The lowest BCUT2D eigenvalue weighted by molar-refractivity contribution is 0.0690. The van der Waals surface area contributed by atoms with Gasteiger partial charge >= 0.3 is 5.97 Å². The predicted octanol–water partition coefficient (Wildman–Crippen LogP) is 3.44. The molecular weight excluding hydrogens is 283 g/mol. The van der Waals surface area contributed by atoms with Crippen LogP contribution in [0.15, 0.2) is 36.4 Å². The minimum atomic E-state index is -1.55. The Balaban J connectivity index is 2.32.